The molecule has 1 aliphatic heterocycles. The molecule has 98 valence electrons. The molecule has 1 aromatic carbocycles. The smallest absolute Gasteiger partial charge is 0.257 e. The van der Waals surface area contributed by atoms with Crippen molar-refractivity contribution in [1.29, 1.82) is 0 Å². The van der Waals surface area contributed by atoms with E-state index in [1.807, 2.05) is 13.8 Å². The van der Waals surface area contributed by atoms with Gasteiger partial charge in [-0.05, 0) is 32.0 Å². The highest BCUT2D eigenvalue weighted by molar-refractivity contribution is 5.95. The van der Waals surface area contributed by atoms with Crippen molar-refractivity contribution in [3.05, 3.63) is 35.4 Å². The summed E-state index contributed by atoms with van der Waals surface area (Å²) in [5.41, 5.74) is -0.612. The molecule has 3 nitrogen and oxygen atoms in total. The number of carbonyl (C=O) groups excluding carboxylic acids is 1. The van der Waals surface area contributed by atoms with Crippen molar-refractivity contribution in [1.82, 2.24) is 10.2 Å². The summed E-state index contributed by atoms with van der Waals surface area (Å²) in [7, 11) is 0. The zero-order valence-electron chi connectivity index (χ0n) is 10.5. The Morgan fingerprint density at radius 2 is 2.11 bits per heavy atom. The molecular weight excluding hydrogens is 238 g/mol. The lowest BCUT2D eigenvalue weighted by molar-refractivity contribution is 0.0472. The van der Waals surface area contributed by atoms with E-state index >= 15 is 0 Å². The van der Waals surface area contributed by atoms with E-state index in [0.717, 1.165) is 18.2 Å². The molecule has 1 aromatic rings. The highest BCUT2D eigenvalue weighted by atomic mass is 19.1. The Kier molecular flexibility index (Phi) is 3.34. The number of nitrogens with zero attached hydrogens (tertiary/aromatic N) is 1. The zero-order valence-corrected chi connectivity index (χ0v) is 10.5. The van der Waals surface area contributed by atoms with Gasteiger partial charge in [-0.1, -0.05) is 0 Å². The Bertz CT molecular complexity index is 474. The van der Waals surface area contributed by atoms with Gasteiger partial charge in [0.15, 0.2) is 0 Å². The SMILES string of the molecule is CC1(C)CNCCN1C(=O)c1cc(F)ccc1F. The van der Waals surface area contributed by atoms with E-state index in [1.165, 1.54) is 0 Å². The summed E-state index contributed by atoms with van der Waals surface area (Å²) in [5, 5.41) is 3.18. The molecule has 1 N–H and O–H groups in total. The molecule has 0 saturated carbocycles. The van der Waals surface area contributed by atoms with Crippen LogP contribution in [0.2, 0.25) is 0 Å². The first kappa shape index (κ1) is 13.0. The van der Waals surface area contributed by atoms with E-state index in [1.54, 1.807) is 4.90 Å². The van der Waals surface area contributed by atoms with Crippen molar-refractivity contribution in [2.24, 2.45) is 0 Å². The van der Waals surface area contributed by atoms with E-state index in [0.29, 0.717) is 19.6 Å². The molecule has 0 unspecified atom stereocenters. The third-order valence-electron chi connectivity index (χ3n) is 3.20. The molecule has 5 heteroatoms. The van der Waals surface area contributed by atoms with E-state index in [4.69, 9.17) is 0 Å². The maximum atomic E-state index is 13.6. The molecular formula is C13H16F2N2O. The van der Waals surface area contributed by atoms with Crippen LogP contribution >= 0.6 is 0 Å². The second kappa shape index (κ2) is 4.65. The molecule has 0 bridgehead atoms. The molecule has 1 saturated heterocycles. The largest absolute Gasteiger partial charge is 0.331 e. The standard InChI is InChI=1S/C13H16F2N2O/c1-13(2)8-16-5-6-17(13)12(18)10-7-9(14)3-4-11(10)15/h3-4,7,16H,5-6,8H2,1-2H3. The van der Waals surface area contributed by atoms with Crippen LogP contribution in [0.5, 0.6) is 0 Å². The lowest BCUT2D eigenvalue weighted by atomic mass is 9.98. The molecule has 0 radical (unpaired) electrons. The third kappa shape index (κ3) is 2.36. The minimum absolute atomic E-state index is 0.204. The van der Waals surface area contributed by atoms with Crippen LogP contribution in [0.3, 0.4) is 0 Å². The second-order valence-corrected chi connectivity index (χ2v) is 5.07. The Labute approximate surface area is 105 Å². The van der Waals surface area contributed by atoms with E-state index in [9.17, 15) is 13.6 Å². The highest BCUT2D eigenvalue weighted by Crippen LogP contribution is 2.21. The summed E-state index contributed by atoms with van der Waals surface area (Å²) in [5.74, 6) is -1.75. The molecule has 2 rings (SSSR count). The Hall–Kier alpha value is -1.49. The number of piperazine rings is 1. The molecule has 0 aromatic heterocycles. The summed E-state index contributed by atoms with van der Waals surface area (Å²) in [4.78, 5) is 13.9. The highest BCUT2D eigenvalue weighted by Gasteiger charge is 2.34. The van der Waals surface area contributed by atoms with Gasteiger partial charge >= 0.3 is 0 Å². The average Bonchev–Trinajstić information content (AvgIpc) is 2.31. The van der Waals surface area contributed by atoms with Crippen LogP contribution in [0.15, 0.2) is 18.2 Å². The van der Waals surface area contributed by atoms with Crippen LogP contribution in [0, 0.1) is 11.6 Å². The van der Waals surface area contributed by atoms with Crippen molar-refractivity contribution in [3.8, 4) is 0 Å². The van der Waals surface area contributed by atoms with E-state index in [-0.39, 0.29) is 5.56 Å². The summed E-state index contributed by atoms with van der Waals surface area (Å²) in [6.07, 6.45) is 0. The Balaban J connectivity index is 2.33. The molecule has 1 heterocycles. The number of rotatable bonds is 1. The molecule has 1 amide bonds. The van der Waals surface area contributed by atoms with Gasteiger partial charge in [0.2, 0.25) is 0 Å². The summed E-state index contributed by atoms with van der Waals surface area (Å²) >= 11 is 0. The van der Waals surface area contributed by atoms with Crippen molar-refractivity contribution in [3.63, 3.8) is 0 Å². The third-order valence-corrected chi connectivity index (χ3v) is 3.20. The van der Waals surface area contributed by atoms with Crippen LogP contribution in [-0.2, 0) is 0 Å². The summed E-state index contributed by atoms with van der Waals surface area (Å²) in [6.45, 7) is 5.58. The van der Waals surface area contributed by atoms with Gasteiger partial charge in [-0.25, -0.2) is 8.78 Å². The second-order valence-electron chi connectivity index (χ2n) is 5.07. The quantitative estimate of drug-likeness (QED) is 0.828. The Morgan fingerprint density at radius 1 is 1.39 bits per heavy atom. The first-order valence-corrected chi connectivity index (χ1v) is 5.89. The number of halogens is 2. The fourth-order valence-electron chi connectivity index (χ4n) is 2.17. The molecule has 18 heavy (non-hydrogen) atoms. The summed E-state index contributed by atoms with van der Waals surface area (Å²) in [6, 6.07) is 2.95. The Morgan fingerprint density at radius 3 is 2.78 bits per heavy atom. The lowest BCUT2D eigenvalue weighted by Crippen LogP contribution is -2.59. The number of hydrogen-bond donors (Lipinski definition) is 1. The predicted octanol–water partition coefficient (Wildman–Crippen LogP) is 1.79. The van der Waals surface area contributed by atoms with Gasteiger partial charge in [-0.15, -0.1) is 0 Å². The van der Waals surface area contributed by atoms with Crippen LogP contribution in [0.25, 0.3) is 0 Å². The van der Waals surface area contributed by atoms with Gasteiger partial charge in [-0.3, -0.25) is 4.79 Å². The number of benzene rings is 1. The normalized spacial score (nSPS) is 18.8. The molecule has 0 spiro atoms. The number of carbonyl (C=O) groups is 1. The van der Waals surface area contributed by atoms with Crippen LogP contribution in [-0.4, -0.2) is 36.0 Å². The monoisotopic (exact) mass is 254 g/mol. The zero-order chi connectivity index (χ0) is 13.3. The van der Waals surface area contributed by atoms with Gasteiger partial charge in [-0.2, -0.15) is 0 Å². The van der Waals surface area contributed by atoms with Crippen molar-refractivity contribution < 1.29 is 13.6 Å². The van der Waals surface area contributed by atoms with Crippen molar-refractivity contribution in [2.75, 3.05) is 19.6 Å². The van der Waals surface area contributed by atoms with Crippen molar-refractivity contribution >= 4 is 5.91 Å². The molecule has 1 aliphatic rings. The maximum Gasteiger partial charge on any atom is 0.257 e. The minimum Gasteiger partial charge on any atom is -0.331 e. The van der Waals surface area contributed by atoms with E-state index < -0.39 is 23.1 Å². The maximum absolute atomic E-state index is 13.6. The van der Waals surface area contributed by atoms with Crippen LogP contribution < -0.4 is 5.32 Å². The van der Waals surface area contributed by atoms with Gasteiger partial charge in [0, 0.05) is 19.6 Å². The number of nitrogens with one attached hydrogen (secondary N) is 1. The van der Waals surface area contributed by atoms with Crippen LogP contribution in [0.1, 0.15) is 24.2 Å². The minimum atomic E-state index is -0.685. The molecule has 1 fully saturated rings. The van der Waals surface area contributed by atoms with Gasteiger partial charge < -0.3 is 10.2 Å². The number of hydrogen-bond acceptors (Lipinski definition) is 2. The summed E-state index contributed by atoms with van der Waals surface area (Å²) < 4.78 is 26.7. The molecule has 0 atom stereocenters. The average molecular weight is 254 g/mol. The van der Waals surface area contributed by atoms with Gasteiger partial charge in [0.25, 0.3) is 5.91 Å². The number of amides is 1. The van der Waals surface area contributed by atoms with Crippen molar-refractivity contribution in [2.45, 2.75) is 19.4 Å². The fourth-order valence-corrected chi connectivity index (χ4v) is 2.17. The fraction of sp³-hybridized carbons (Fsp3) is 0.462. The molecule has 0 aliphatic carbocycles. The van der Waals surface area contributed by atoms with E-state index in [2.05, 4.69) is 5.32 Å². The topological polar surface area (TPSA) is 32.3 Å². The predicted molar refractivity (Wildman–Crippen MR) is 64.3 cm³/mol. The first-order valence-electron chi connectivity index (χ1n) is 5.89. The van der Waals surface area contributed by atoms with Gasteiger partial charge in [0.05, 0.1) is 11.1 Å². The lowest BCUT2D eigenvalue weighted by Gasteiger charge is -2.42. The van der Waals surface area contributed by atoms with Crippen LogP contribution in [0.4, 0.5) is 8.78 Å². The van der Waals surface area contributed by atoms with Gasteiger partial charge in [0.1, 0.15) is 11.6 Å². The first-order chi connectivity index (χ1) is 8.42.